The van der Waals surface area contributed by atoms with Gasteiger partial charge in [0.15, 0.2) is 0 Å². The van der Waals surface area contributed by atoms with Gasteiger partial charge in [-0.1, -0.05) is 0 Å². The molecule has 0 aromatic carbocycles. The molecule has 88 valence electrons. The van der Waals surface area contributed by atoms with Gasteiger partial charge in [-0.15, -0.1) is 0 Å². The number of aliphatic carboxylic acids is 1. The van der Waals surface area contributed by atoms with Gasteiger partial charge in [-0.2, -0.15) is 0 Å². The van der Waals surface area contributed by atoms with Gasteiger partial charge in [0.1, 0.15) is 6.04 Å². The van der Waals surface area contributed by atoms with Crippen LogP contribution in [0.2, 0.25) is 0 Å². The standard InChI is InChI=1S/C11H16N2O3/c14-11(15)10(9-4-1-5-12-9)13-7-8-3-2-6-16-8/h1,4-5,8,10,12-13H,2-3,6-7H2,(H,14,15). The molecule has 0 spiro atoms. The zero-order chi connectivity index (χ0) is 11.4. The highest BCUT2D eigenvalue weighted by molar-refractivity contribution is 5.74. The SMILES string of the molecule is O=C(O)C(NCC1CCCO1)c1ccc[nH]1. The van der Waals surface area contributed by atoms with E-state index in [1.165, 1.54) is 0 Å². The van der Waals surface area contributed by atoms with E-state index in [-0.39, 0.29) is 6.10 Å². The van der Waals surface area contributed by atoms with Crippen LogP contribution < -0.4 is 5.32 Å². The first kappa shape index (κ1) is 11.2. The minimum atomic E-state index is -0.875. The van der Waals surface area contributed by atoms with Crippen LogP contribution in [0.15, 0.2) is 18.3 Å². The van der Waals surface area contributed by atoms with Crippen LogP contribution in [0.4, 0.5) is 0 Å². The molecule has 1 aliphatic heterocycles. The van der Waals surface area contributed by atoms with Crippen molar-refractivity contribution in [2.24, 2.45) is 0 Å². The molecule has 0 saturated carbocycles. The minimum absolute atomic E-state index is 0.150. The van der Waals surface area contributed by atoms with Crippen molar-refractivity contribution >= 4 is 5.97 Å². The summed E-state index contributed by atoms with van der Waals surface area (Å²) in [6.07, 6.45) is 3.94. The number of carboxylic acid groups (broad SMARTS) is 1. The predicted octanol–water partition coefficient (Wildman–Crippen LogP) is 0.909. The number of nitrogens with one attached hydrogen (secondary N) is 2. The van der Waals surface area contributed by atoms with Crippen LogP contribution in [-0.2, 0) is 9.53 Å². The highest BCUT2D eigenvalue weighted by atomic mass is 16.5. The smallest absolute Gasteiger partial charge is 0.326 e. The summed E-state index contributed by atoms with van der Waals surface area (Å²) in [5, 5.41) is 12.1. The van der Waals surface area contributed by atoms with Crippen LogP contribution in [-0.4, -0.2) is 35.3 Å². The van der Waals surface area contributed by atoms with Gasteiger partial charge in [0.05, 0.1) is 6.10 Å². The van der Waals surface area contributed by atoms with Crippen molar-refractivity contribution in [3.8, 4) is 0 Å². The van der Waals surface area contributed by atoms with Gasteiger partial charge in [-0.05, 0) is 25.0 Å². The third-order valence-electron chi connectivity index (χ3n) is 2.75. The maximum atomic E-state index is 11.1. The van der Waals surface area contributed by atoms with E-state index in [9.17, 15) is 4.79 Å². The molecule has 2 rings (SSSR count). The van der Waals surface area contributed by atoms with Crippen LogP contribution in [0.25, 0.3) is 0 Å². The zero-order valence-electron chi connectivity index (χ0n) is 8.98. The summed E-state index contributed by atoms with van der Waals surface area (Å²) in [5.41, 5.74) is 0.672. The number of H-pyrrole nitrogens is 1. The fourth-order valence-electron chi connectivity index (χ4n) is 1.91. The van der Waals surface area contributed by atoms with E-state index in [0.717, 1.165) is 19.4 Å². The van der Waals surface area contributed by atoms with Gasteiger partial charge in [0.2, 0.25) is 0 Å². The third-order valence-corrected chi connectivity index (χ3v) is 2.75. The Kier molecular flexibility index (Phi) is 3.58. The molecule has 5 nitrogen and oxygen atoms in total. The Balaban J connectivity index is 1.90. The van der Waals surface area contributed by atoms with Crippen molar-refractivity contribution in [2.45, 2.75) is 25.0 Å². The number of hydrogen-bond donors (Lipinski definition) is 3. The topological polar surface area (TPSA) is 74.3 Å². The van der Waals surface area contributed by atoms with Crippen molar-refractivity contribution in [2.75, 3.05) is 13.2 Å². The van der Waals surface area contributed by atoms with Crippen molar-refractivity contribution < 1.29 is 14.6 Å². The molecule has 1 aromatic heterocycles. The summed E-state index contributed by atoms with van der Waals surface area (Å²) in [5.74, 6) is -0.875. The summed E-state index contributed by atoms with van der Waals surface area (Å²) in [6.45, 7) is 1.36. The van der Waals surface area contributed by atoms with Crippen LogP contribution >= 0.6 is 0 Å². The first-order valence-electron chi connectivity index (χ1n) is 5.48. The summed E-state index contributed by atoms with van der Waals surface area (Å²) >= 11 is 0. The fourth-order valence-corrected chi connectivity index (χ4v) is 1.91. The van der Waals surface area contributed by atoms with Crippen molar-refractivity contribution in [1.82, 2.24) is 10.3 Å². The Morgan fingerprint density at radius 2 is 2.62 bits per heavy atom. The fraction of sp³-hybridized carbons (Fsp3) is 0.545. The molecule has 2 heterocycles. The maximum Gasteiger partial charge on any atom is 0.326 e. The number of aromatic amines is 1. The monoisotopic (exact) mass is 224 g/mol. The lowest BCUT2D eigenvalue weighted by Crippen LogP contribution is -2.34. The highest BCUT2D eigenvalue weighted by Gasteiger charge is 2.23. The van der Waals surface area contributed by atoms with Gasteiger partial charge in [-0.25, -0.2) is 0 Å². The van der Waals surface area contributed by atoms with Gasteiger partial charge < -0.3 is 14.8 Å². The first-order chi connectivity index (χ1) is 7.77. The number of carbonyl (C=O) groups is 1. The van der Waals surface area contributed by atoms with E-state index >= 15 is 0 Å². The molecule has 3 N–H and O–H groups in total. The van der Waals surface area contributed by atoms with Crippen molar-refractivity contribution in [3.05, 3.63) is 24.0 Å². The molecule has 16 heavy (non-hydrogen) atoms. The number of hydrogen-bond acceptors (Lipinski definition) is 3. The number of aromatic nitrogens is 1. The summed E-state index contributed by atoms with van der Waals surface area (Å²) in [4.78, 5) is 14.0. The van der Waals surface area contributed by atoms with Crippen LogP contribution in [0, 0.1) is 0 Å². The molecule has 1 aromatic rings. The zero-order valence-corrected chi connectivity index (χ0v) is 8.98. The normalized spacial score (nSPS) is 22.1. The Morgan fingerprint density at radius 3 is 3.19 bits per heavy atom. The van der Waals surface area contributed by atoms with Crippen molar-refractivity contribution in [3.63, 3.8) is 0 Å². The maximum absolute atomic E-state index is 11.1. The van der Waals surface area contributed by atoms with E-state index in [4.69, 9.17) is 9.84 Å². The molecule has 1 aliphatic rings. The molecule has 2 atom stereocenters. The largest absolute Gasteiger partial charge is 0.480 e. The third kappa shape index (κ3) is 2.62. The second-order valence-corrected chi connectivity index (χ2v) is 3.94. The average Bonchev–Trinajstić information content (AvgIpc) is 2.88. The Morgan fingerprint density at radius 1 is 1.75 bits per heavy atom. The lowest BCUT2D eigenvalue weighted by atomic mass is 10.2. The summed E-state index contributed by atoms with van der Waals surface area (Å²) < 4.78 is 5.43. The van der Waals surface area contributed by atoms with Crippen LogP contribution in [0.5, 0.6) is 0 Å². The number of ether oxygens (including phenoxy) is 1. The number of carboxylic acids is 1. The van der Waals surface area contributed by atoms with E-state index < -0.39 is 12.0 Å². The van der Waals surface area contributed by atoms with Gasteiger partial charge in [-0.3, -0.25) is 10.1 Å². The van der Waals surface area contributed by atoms with Gasteiger partial charge in [0, 0.05) is 25.0 Å². The summed E-state index contributed by atoms with van der Waals surface area (Å²) in [7, 11) is 0. The highest BCUT2D eigenvalue weighted by Crippen LogP contribution is 2.14. The lowest BCUT2D eigenvalue weighted by molar-refractivity contribution is -0.139. The summed E-state index contributed by atoms with van der Waals surface area (Å²) in [6, 6.07) is 2.87. The molecule has 0 bridgehead atoms. The van der Waals surface area contributed by atoms with Crippen LogP contribution in [0.1, 0.15) is 24.6 Å². The molecule has 0 amide bonds. The second kappa shape index (κ2) is 5.14. The van der Waals surface area contributed by atoms with Gasteiger partial charge >= 0.3 is 5.97 Å². The van der Waals surface area contributed by atoms with E-state index in [0.29, 0.717) is 12.2 Å². The average molecular weight is 224 g/mol. The molecule has 2 unspecified atom stereocenters. The van der Waals surface area contributed by atoms with Gasteiger partial charge in [0.25, 0.3) is 0 Å². The van der Waals surface area contributed by atoms with E-state index in [1.54, 1.807) is 18.3 Å². The first-order valence-corrected chi connectivity index (χ1v) is 5.48. The van der Waals surface area contributed by atoms with Crippen LogP contribution in [0.3, 0.4) is 0 Å². The molecule has 0 aliphatic carbocycles. The Labute approximate surface area is 93.8 Å². The molecule has 1 saturated heterocycles. The molecular formula is C11H16N2O3. The second-order valence-electron chi connectivity index (χ2n) is 3.94. The molecule has 1 fully saturated rings. The predicted molar refractivity (Wildman–Crippen MR) is 58.1 cm³/mol. The Hall–Kier alpha value is -1.33. The van der Waals surface area contributed by atoms with Crippen molar-refractivity contribution in [1.29, 1.82) is 0 Å². The lowest BCUT2D eigenvalue weighted by Gasteiger charge is -2.16. The Bertz CT molecular complexity index is 331. The number of rotatable bonds is 5. The van der Waals surface area contributed by atoms with E-state index in [2.05, 4.69) is 10.3 Å². The molecule has 5 heteroatoms. The molecule has 0 radical (unpaired) electrons. The minimum Gasteiger partial charge on any atom is -0.480 e. The molecular weight excluding hydrogens is 208 g/mol. The van der Waals surface area contributed by atoms with E-state index in [1.807, 2.05) is 0 Å². The quantitative estimate of drug-likeness (QED) is 0.695.